The van der Waals surface area contributed by atoms with Gasteiger partial charge in [0.15, 0.2) is 16.9 Å². The molecule has 130 valence electrons. The number of hydrogen-bond acceptors (Lipinski definition) is 6. The zero-order chi connectivity index (χ0) is 18.4. The van der Waals surface area contributed by atoms with Crippen molar-refractivity contribution >= 4 is 37.0 Å². The van der Waals surface area contributed by atoms with E-state index in [1.165, 1.54) is 7.11 Å². The Morgan fingerprint density at radius 3 is 2.52 bits per heavy atom. The van der Waals surface area contributed by atoms with Crippen LogP contribution in [0.2, 0.25) is 0 Å². The summed E-state index contributed by atoms with van der Waals surface area (Å²) in [6.07, 6.45) is 0. The smallest absolute Gasteiger partial charge is 0.294 e. The number of halogens is 1. The first-order chi connectivity index (χ1) is 11.7. The Bertz CT molecular complexity index is 1150. The standard InChI is InChI=1S/C16H11BrO7S/c1-23-15-6-9(25(20,21)22)5-11(16(15)19)14-7-12(18)10-4-8(17)2-3-13(10)24-14/h2-7,19H,1H3,(H,20,21,22). The molecule has 3 aromatic rings. The van der Waals surface area contributed by atoms with Gasteiger partial charge in [-0.2, -0.15) is 8.42 Å². The van der Waals surface area contributed by atoms with Crippen molar-refractivity contribution in [1.82, 2.24) is 0 Å². The van der Waals surface area contributed by atoms with Crippen molar-refractivity contribution in [2.45, 2.75) is 4.90 Å². The van der Waals surface area contributed by atoms with Gasteiger partial charge in [0.05, 0.1) is 23.0 Å². The fourth-order valence-corrected chi connectivity index (χ4v) is 3.22. The highest BCUT2D eigenvalue weighted by atomic mass is 79.9. The van der Waals surface area contributed by atoms with E-state index < -0.39 is 20.8 Å². The Morgan fingerprint density at radius 2 is 1.88 bits per heavy atom. The number of hydrogen-bond donors (Lipinski definition) is 2. The maximum Gasteiger partial charge on any atom is 0.294 e. The Hall–Kier alpha value is -2.36. The van der Waals surface area contributed by atoms with E-state index in [1.54, 1.807) is 18.2 Å². The van der Waals surface area contributed by atoms with Crippen LogP contribution in [0.25, 0.3) is 22.3 Å². The summed E-state index contributed by atoms with van der Waals surface area (Å²) in [5.41, 5.74) is -0.233. The molecule has 0 spiro atoms. The minimum Gasteiger partial charge on any atom is -0.504 e. The molecule has 0 aliphatic rings. The molecule has 7 nitrogen and oxygen atoms in total. The van der Waals surface area contributed by atoms with Crippen LogP contribution in [-0.2, 0) is 10.1 Å². The topological polar surface area (TPSA) is 114 Å². The van der Waals surface area contributed by atoms with Crippen LogP contribution in [0.1, 0.15) is 0 Å². The van der Waals surface area contributed by atoms with E-state index in [-0.39, 0.29) is 28.1 Å². The van der Waals surface area contributed by atoms with Crippen LogP contribution in [-0.4, -0.2) is 25.2 Å². The van der Waals surface area contributed by atoms with Crippen molar-refractivity contribution in [3.05, 3.63) is 51.1 Å². The van der Waals surface area contributed by atoms with E-state index in [4.69, 9.17) is 9.15 Å². The second-order valence-corrected chi connectivity index (χ2v) is 7.45. The number of fused-ring (bicyclic) bond motifs is 1. The van der Waals surface area contributed by atoms with Crippen molar-refractivity contribution in [3.8, 4) is 22.8 Å². The summed E-state index contributed by atoms with van der Waals surface area (Å²) in [5, 5.41) is 10.6. The van der Waals surface area contributed by atoms with Gasteiger partial charge in [-0.25, -0.2) is 0 Å². The number of ether oxygens (including phenoxy) is 1. The Morgan fingerprint density at radius 1 is 1.16 bits per heavy atom. The summed E-state index contributed by atoms with van der Waals surface area (Å²) in [6, 6.07) is 7.90. The number of benzene rings is 2. The lowest BCUT2D eigenvalue weighted by Gasteiger charge is -2.11. The number of rotatable bonds is 3. The van der Waals surface area contributed by atoms with Gasteiger partial charge in [0, 0.05) is 16.6 Å². The maximum atomic E-state index is 12.3. The maximum absolute atomic E-state index is 12.3. The second kappa shape index (κ2) is 6.17. The molecule has 9 heteroatoms. The molecule has 1 heterocycles. The highest BCUT2D eigenvalue weighted by Gasteiger charge is 2.21. The predicted molar refractivity (Wildman–Crippen MR) is 93.7 cm³/mol. The van der Waals surface area contributed by atoms with E-state index in [0.717, 1.165) is 18.2 Å². The third kappa shape index (κ3) is 3.26. The molecule has 0 bridgehead atoms. The fourth-order valence-electron chi connectivity index (χ4n) is 2.34. The van der Waals surface area contributed by atoms with Crippen LogP contribution >= 0.6 is 15.9 Å². The second-order valence-electron chi connectivity index (χ2n) is 5.11. The van der Waals surface area contributed by atoms with Crippen LogP contribution in [0.15, 0.2) is 55.0 Å². The average molecular weight is 427 g/mol. The van der Waals surface area contributed by atoms with Gasteiger partial charge in [0.2, 0.25) is 0 Å². The molecule has 0 saturated heterocycles. The number of aromatic hydroxyl groups is 1. The molecule has 25 heavy (non-hydrogen) atoms. The largest absolute Gasteiger partial charge is 0.504 e. The van der Waals surface area contributed by atoms with Crippen LogP contribution in [0.3, 0.4) is 0 Å². The lowest BCUT2D eigenvalue weighted by Crippen LogP contribution is -2.02. The molecule has 3 rings (SSSR count). The zero-order valence-electron chi connectivity index (χ0n) is 12.7. The molecule has 2 aromatic carbocycles. The van der Waals surface area contributed by atoms with E-state index >= 15 is 0 Å². The monoisotopic (exact) mass is 426 g/mol. The fraction of sp³-hybridized carbons (Fsp3) is 0.0625. The number of phenols is 1. The third-order valence-corrected chi connectivity index (χ3v) is 4.85. The van der Waals surface area contributed by atoms with Gasteiger partial charge in [-0.3, -0.25) is 9.35 Å². The van der Waals surface area contributed by atoms with Gasteiger partial charge >= 0.3 is 0 Å². The summed E-state index contributed by atoms with van der Waals surface area (Å²) in [7, 11) is -3.34. The molecule has 0 saturated carbocycles. The predicted octanol–water partition coefficient (Wildman–Crippen LogP) is 3.18. The van der Waals surface area contributed by atoms with Crippen LogP contribution in [0.4, 0.5) is 0 Å². The molecule has 0 aliphatic carbocycles. The van der Waals surface area contributed by atoms with Gasteiger partial charge in [-0.1, -0.05) is 15.9 Å². The van der Waals surface area contributed by atoms with E-state index in [2.05, 4.69) is 15.9 Å². The molecule has 2 N–H and O–H groups in total. The van der Waals surface area contributed by atoms with Gasteiger partial charge in [-0.15, -0.1) is 0 Å². The molecule has 0 radical (unpaired) electrons. The highest BCUT2D eigenvalue weighted by Crippen LogP contribution is 2.39. The Labute approximate surface area is 150 Å². The summed E-state index contributed by atoms with van der Waals surface area (Å²) in [5.74, 6) is -0.681. The quantitative estimate of drug-likeness (QED) is 0.617. The molecule has 0 unspecified atom stereocenters. The number of methoxy groups -OCH3 is 1. The summed E-state index contributed by atoms with van der Waals surface area (Å²) in [6.45, 7) is 0. The van der Waals surface area contributed by atoms with Gasteiger partial charge in [0.1, 0.15) is 11.3 Å². The minimum atomic E-state index is -4.56. The van der Waals surface area contributed by atoms with E-state index in [1.807, 2.05) is 0 Å². The molecular weight excluding hydrogens is 416 g/mol. The minimum absolute atomic E-state index is 0.0684. The van der Waals surface area contributed by atoms with Crippen molar-refractivity contribution in [3.63, 3.8) is 0 Å². The Balaban J connectivity index is 2.34. The lowest BCUT2D eigenvalue weighted by molar-refractivity contribution is 0.372. The summed E-state index contributed by atoms with van der Waals surface area (Å²) >= 11 is 3.26. The normalized spacial score (nSPS) is 11.6. The van der Waals surface area contributed by atoms with E-state index in [0.29, 0.717) is 9.86 Å². The molecule has 0 amide bonds. The SMILES string of the molecule is COc1cc(S(=O)(=O)O)cc(-c2cc(=O)c3cc(Br)ccc3o2)c1O. The third-order valence-electron chi connectivity index (χ3n) is 3.52. The molecule has 0 atom stereocenters. The van der Waals surface area contributed by atoms with Crippen molar-refractivity contribution in [1.29, 1.82) is 0 Å². The van der Waals surface area contributed by atoms with Crippen molar-refractivity contribution < 1.29 is 27.2 Å². The van der Waals surface area contributed by atoms with Crippen molar-refractivity contribution in [2.75, 3.05) is 7.11 Å². The lowest BCUT2D eigenvalue weighted by atomic mass is 10.1. The van der Waals surface area contributed by atoms with Gasteiger partial charge in [0.25, 0.3) is 10.1 Å². The van der Waals surface area contributed by atoms with Gasteiger partial charge in [-0.05, 0) is 24.3 Å². The average Bonchev–Trinajstić information content (AvgIpc) is 2.54. The number of phenolic OH excluding ortho intramolecular Hbond substituents is 1. The van der Waals surface area contributed by atoms with E-state index in [9.17, 15) is 22.9 Å². The van der Waals surface area contributed by atoms with Crippen molar-refractivity contribution in [2.24, 2.45) is 0 Å². The van der Waals surface area contributed by atoms with Crippen LogP contribution in [0, 0.1) is 0 Å². The molecule has 0 fully saturated rings. The molecular formula is C16H11BrO7S. The molecule has 0 aliphatic heterocycles. The van der Waals surface area contributed by atoms with Crippen LogP contribution in [0.5, 0.6) is 11.5 Å². The first-order valence-electron chi connectivity index (χ1n) is 6.83. The Kier molecular flexibility index (Phi) is 4.31. The first kappa shape index (κ1) is 17.5. The van der Waals surface area contributed by atoms with Gasteiger partial charge < -0.3 is 14.3 Å². The summed E-state index contributed by atoms with van der Waals surface area (Å²) < 4.78 is 43.4. The molecule has 1 aromatic heterocycles. The summed E-state index contributed by atoms with van der Waals surface area (Å²) in [4.78, 5) is 11.8. The van der Waals surface area contributed by atoms with Crippen LogP contribution < -0.4 is 10.2 Å². The first-order valence-corrected chi connectivity index (χ1v) is 9.06. The highest BCUT2D eigenvalue weighted by molar-refractivity contribution is 9.10. The zero-order valence-corrected chi connectivity index (χ0v) is 15.1.